The van der Waals surface area contributed by atoms with Crippen molar-refractivity contribution >= 4 is 23.3 Å². The van der Waals surface area contributed by atoms with Gasteiger partial charge in [0.15, 0.2) is 6.61 Å². The summed E-state index contributed by atoms with van der Waals surface area (Å²) in [6, 6.07) is 4.11. The smallest absolute Gasteiger partial charge is 0.341 e. The van der Waals surface area contributed by atoms with Crippen molar-refractivity contribution in [2.45, 2.75) is 12.8 Å². The number of carbonyl (C=O) groups is 2. The fourth-order valence-electron chi connectivity index (χ4n) is 2.32. The minimum Gasteiger partial charge on any atom is -0.452 e. The predicted octanol–water partition coefficient (Wildman–Crippen LogP) is 1.10. The number of nitro benzene ring substituents is 1. The third kappa shape index (κ3) is 3.51. The topological polar surface area (TPSA) is 102 Å². The Labute approximate surface area is 127 Å². The maximum absolute atomic E-state index is 12.2. The van der Waals surface area contributed by atoms with Crippen LogP contribution in [0.15, 0.2) is 18.2 Å². The number of esters is 1. The van der Waals surface area contributed by atoms with E-state index in [0.29, 0.717) is 5.69 Å². The summed E-state index contributed by atoms with van der Waals surface area (Å²) in [5.74, 6) is -1.18. The fraction of sp³-hybridized carbons (Fsp3) is 0.429. The van der Waals surface area contributed by atoms with Crippen LogP contribution in [0.5, 0.6) is 0 Å². The van der Waals surface area contributed by atoms with Crippen LogP contribution in [-0.4, -0.2) is 43.5 Å². The average molecular weight is 307 g/mol. The van der Waals surface area contributed by atoms with Crippen LogP contribution >= 0.6 is 0 Å². The van der Waals surface area contributed by atoms with Crippen LogP contribution in [0.25, 0.3) is 0 Å². The van der Waals surface area contributed by atoms with Crippen LogP contribution in [0.1, 0.15) is 23.2 Å². The summed E-state index contributed by atoms with van der Waals surface area (Å²) in [7, 11) is 1.43. The molecule has 22 heavy (non-hydrogen) atoms. The van der Waals surface area contributed by atoms with E-state index in [-0.39, 0.29) is 11.3 Å². The number of carbonyl (C=O) groups excluding carboxylic acids is 2. The van der Waals surface area contributed by atoms with Crippen LogP contribution in [0, 0.1) is 10.1 Å². The van der Waals surface area contributed by atoms with Gasteiger partial charge < -0.3 is 15.0 Å². The number of hydrogen-bond donors (Lipinski definition) is 1. The van der Waals surface area contributed by atoms with E-state index in [2.05, 4.69) is 5.32 Å². The highest BCUT2D eigenvalue weighted by Gasteiger charge is 2.23. The Hall–Kier alpha value is -2.64. The fourth-order valence-corrected chi connectivity index (χ4v) is 2.32. The number of rotatable bonds is 5. The lowest BCUT2D eigenvalue weighted by molar-refractivity contribution is -0.384. The summed E-state index contributed by atoms with van der Waals surface area (Å²) in [6.45, 7) is 1.15. The molecule has 0 aliphatic carbocycles. The molecule has 0 aromatic heterocycles. The first kappa shape index (κ1) is 15.7. The van der Waals surface area contributed by atoms with Crippen molar-refractivity contribution in [3.05, 3.63) is 33.9 Å². The van der Waals surface area contributed by atoms with Crippen LogP contribution in [-0.2, 0) is 9.53 Å². The molecule has 118 valence electrons. The molecule has 0 saturated carbocycles. The first-order valence-electron chi connectivity index (χ1n) is 6.94. The van der Waals surface area contributed by atoms with E-state index in [1.54, 1.807) is 6.07 Å². The quantitative estimate of drug-likeness (QED) is 0.496. The van der Waals surface area contributed by atoms with Gasteiger partial charge in [0.1, 0.15) is 0 Å². The van der Waals surface area contributed by atoms with Gasteiger partial charge in [-0.2, -0.15) is 0 Å². The van der Waals surface area contributed by atoms with Crippen LogP contribution in [0.3, 0.4) is 0 Å². The second-order valence-electron chi connectivity index (χ2n) is 4.90. The third-order valence-corrected chi connectivity index (χ3v) is 3.47. The maximum atomic E-state index is 12.2. The second kappa shape index (κ2) is 6.88. The molecule has 0 radical (unpaired) electrons. The zero-order valence-corrected chi connectivity index (χ0v) is 12.2. The number of ether oxygens (including phenoxy) is 1. The molecule has 8 nitrogen and oxygen atoms in total. The first-order chi connectivity index (χ1) is 10.5. The highest BCUT2D eigenvalue weighted by Crippen LogP contribution is 2.28. The predicted molar refractivity (Wildman–Crippen MR) is 78.9 cm³/mol. The highest BCUT2D eigenvalue weighted by molar-refractivity contribution is 5.97. The molecule has 1 aliphatic rings. The average Bonchev–Trinajstić information content (AvgIpc) is 3.05. The van der Waals surface area contributed by atoms with Gasteiger partial charge in [-0.05, 0) is 18.9 Å². The summed E-state index contributed by atoms with van der Waals surface area (Å²) in [4.78, 5) is 35.6. The second-order valence-corrected chi connectivity index (χ2v) is 4.90. The van der Waals surface area contributed by atoms with Gasteiger partial charge in [0.25, 0.3) is 11.6 Å². The van der Waals surface area contributed by atoms with Gasteiger partial charge in [-0.1, -0.05) is 0 Å². The van der Waals surface area contributed by atoms with Crippen molar-refractivity contribution in [3.63, 3.8) is 0 Å². The molecule has 1 aromatic carbocycles. The number of nitrogens with zero attached hydrogens (tertiary/aromatic N) is 2. The van der Waals surface area contributed by atoms with Gasteiger partial charge >= 0.3 is 5.97 Å². The van der Waals surface area contributed by atoms with Crippen molar-refractivity contribution in [1.29, 1.82) is 0 Å². The number of non-ortho nitro benzene ring substituents is 1. The van der Waals surface area contributed by atoms with Gasteiger partial charge in [0.2, 0.25) is 0 Å². The molecular weight excluding hydrogens is 290 g/mol. The highest BCUT2D eigenvalue weighted by atomic mass is 16.6. The molecule has 1 N–H and O–H groups in total. The van der Waals surface area contributed by atoms with Crippen LogP contribution in [0.2, 0.25) is 0 Å². The molecule has 1 aliphatic heterocycles. The summed E-state index contributed by atoms with van der Waals surface area (Å²) < 4.78 is 4.92. The van der Waals surface area contributed by atoms with Gasteiger partial charge in [0, 0.05) is 32.3 Å². The van der Waals surface area contributed by atoms with E-state index in [9.17, 15) is 19.7 Å². The van der Waals surface area contributed by atoms with Gasteiger partial charge in [-0.15, -0.1) is 0 Å². The summed E-state index contributed by atoms with van der Waals surface area (Å²) >= 11 is 0. The number of hydrogen-bond acceptors (Lipinski definition) is 6. The largest absolute Gasteiger partial charge is 0.452 e. The Kier molecular flexibility index (Phi) is 4.92. The lowest BCUT2D eigenvalue weighted by atomic mass is 10.1. The van der Waals surface area contributed by atoms with Crippen molar-refractivity contribution < 1.29 is 19.2 Å². The number of benzene rings is 1. The van der Waals surface area contributed by atoms with E-state index in [4.69, 9.17) is 4.74 Å². The van der Waals surface area contributed by atoms with E-state index in [0.717, 1.165) is 25.9 Å². The van der Waals surface area contributed by atoms with Gasteiger partial charge in [-0.3, -0.25) is 14.9 Å². The Morgan fingerprint density at radius 3 is 2.64 bits per heavy atom. The maximum Gasteiger partial charge on any atom is 0.341 e. The Morgan fingerprint density at radius 1 is 1.36 bits per heavy atom. The van der Waals surface area contributed by atoms with Crippen LogP contribution < -0.4 is 10.2 Å². The molecule has 1 heterocycles. The van der Waals surface area contributed by atoms with Crippen molar-refractivity contribution in [3.8, 4) is 0 Å². The van der Waals surface area contributed by atoms with E-state index >= 15 is 0 Å². The normalized spacial score (nSPS) is 13.8. The molecule has 1 fully saturated rings. The molecule has 1 saturated heterocycles. The standard InChI is InChI=1S/C14H17N3O5/c1-15-13(18)9-22-14(19)11-8-10(17(20)21)4-5-12(11)16-6-2-3-7-16/h4-5,8H,2-3,6-7,9H2,1H3,(H,15,18). The number of amides is 1. The molecule has 0 unspecified atom stereocenters. The van der Waals surface area contributed by atoms with E-state index in [1.165, 1.54) is 19.2 Å². The molecular formula is C14H17N3O5. The van der Waals surface area contributed by atoms with Gasteiger partial charge in [0.05, 0.1) is 16.2 Å². The third-order valence-electron chi connectivity index (χ3n) is 3.47. The molecule has 0 spiro atoms. The Bertz CT molecular complexity index is 596. The van der Waals surface area contributed by atoms with Crippen molar-refractivity contribution in [1.82, 2.24) is 5.32 Å². The van der Waals surface area contributed by atoms with Crippen molar-refractivity contribution in [2.75, 3.05) is 31.6 Å². The number of anilines is 1. The molecule has 2 rings (SSSR count). The summed E-state index contributed by atoms with van der Waals surface area (Å²) in [5, 5.41) is 13.2. The Morgan fingerprint density at radius 2 is 2.05 bits per heavy atom. The summed E-state index contributed by atoms with van der Waals surface area (Å²) in [5.41, 5.74) is 0.528. The van der Waals surface area contributed by atoms with Gasteiger partial charge in [-0.25, -0.2) is 4.79 Å². The molecule has 1 aromatic rings. The minimum atomic E-state index is -0.741. The number of likely N-dealkylation sites (N-methyl/N-ethyl adjacent to an activating group) is 1. The first-order valence-corrected chi connectivity index (χ1v) is 6.94. The summed E-state index contributed by atoms with van der Waals surface area (Å²) in [6.07, 6.45) is 2.01. The zero-order chi connectivity index (χ0) is 16.1. The Balaban J connectivity index is 2.28. The van der Waals surface area contributed by atoms with E-state index < -0.39 is 23.4 Å². The number of nitro groups is 1. The molecule has 1 amide bonds. The zero-order valence-electron chi connectivity index (χ0n) is 12.2. The van der Waals surface area contributed by atoms with E-state index in [1.807, 2.05) is 4.90 Å². The van der Waals surface area contributed by atoms with Crippen LogP contribution in [0.4, 0.5) is 11.4 Å². The SMILES string of the molecule is CNC(=O)COC(=O)c1cc([N+](=O)[O-])ccc1N1CCCC1. The minimum absolute atomic E-state index is 0.111. The molecule has 0 bridgehead atoms. The lowest BCUT2D eigenvalue weighted by Gasteiger charge is -2.20. The monoisotopic (exact) mass is 307 g/mol. The lowest BCUT2D eigenvalue weighted by Crippen LogP contribution is -2.26. The van der Waals surface area contributed by atoms with Crippen molar-refractivity contribution in [2.24, 2.45) is 0 Å². The molecule has 8 heteroatoms. The molecule has 0 atom stereocenters. The number of nitrogens with one attached hydrogen (secondary N) is 1.